The van der Waals surface area contributed by atoms with Gasteiger partial charge in [-0.3, -0.25) is 15.2 Å². The number of hydrogen-bond donors (Lipinski definition) is 3. The Bertz CT molecular complexity index is 690. The van der Waals surface area contributed by atoms with Gasteiger partial charge >= 0.3 is 0 Å². The van der Waals surface area contributed by atoms with Gasteiger partial charge in [-0.05, 0) is 24.3 Å². The number of amidine groups is 1. The van der Waals surface area contributed by atoms with E-state index in [2.05, 4.69) is 10.3 Å². The normalized spacial score (nSPS) is 10.0. The molecule has 4 N–H and O–H groups in total. The van der Waals surface area contributed by atoms with Crippen molar-refractivity contribution in [2.75, 3.05) is 31.6 Å². The summed E-state index contributed by atoms with van der Waals surface area (Å²) in [4.78, 5) is 17.7. The number of carbonyl (C=O) groups is 1. The number of amides is 1. The molecule has 0 atom stereocenters. The number of nitrogens with zero attached hydrogens (tertiary/aromatic N) is 2. The fourth-order valence-electron chi connectivity index (χ4n) is 2.07. The summed E-state index contributed by atoms with van der Waals surface area (Å²) in [7, 11) is 1.85. The molecule has 7 heteroatoms. The molecule has 1 aromatic carbocycles. The van der Waals surface area contributed by atoms with E-state index in [1.54, 1.807) is 36.7 Å². The zero-order valence-corrected chi connectivity index (χ0v) is 13.5. The highest BCUT2D eigenvalue weighted by Crippen LogP contribution is 2.12. The van der Waals surface area contributed by atoms with Crippen LogP contribution in [0.15, 0.2) is 48.8 Å². The number of nitrogens with two attached hydrogens (primary N) is 1. The predicted octanol–water partition coefficient (Wildman–Crippen LogP) is 0.997. The monoisotopic (exact) mass is 327 g/mol. The van der Waals surface area contributed by atoms with Gasteiger partial charge in [-0.25, -0.2) is 0 Å². The van der Waals surface area contributed by atoms with Crippen molar-refractivity contribution in [3.63, 3.8) is 0 Å². The number of likely N-dealkylation sites (N-methyl/N-ethyl adjacent to an activating group) is 1. The van der Waals surface area contributed by atoms with Crippen LogP contribution in [0.1, 0.15) is 5.56 Å². The molecule has 2 aromatic rings. The summed E-state index contributed by atoms with van der Waals surface area (Å²) in [5.41, 5.74) is 6.97. The maximum Gasteiger partial charge on any atom is 0.239 e. The number of ether oxygens (including phenoxy) is 1. The van der Waals surface area contributed by atoms with Gasteiger partial charge in [0.05, 0.1) is 13.1 Å². The Morgan fingerprint density at radius 1 is 1.33 bits per heavy atom. The number of benzene rings is 1. The van der Waals surface area contributed by atoms with Crippen LogP contribution in [0.25, 0.3) is 0 Å². The first-order valence-electron chi connectivity index (χ1n) is 7.51. The molecule has 0 spiro atoms. The van der Waals surface area contributed by atoms with E-state index in [9.17, 15) is 4.79 Å². The molecular weight excluding hydrogens is 306 g/mol. The largest absolute Gasteiger partial charge is 0.492 e. The summed E-state index contributed by atoms with van der Waals surface area (Å²) in [5, 5.41) is 10.2. The SMILES string of the molecule is CN(CC(=O)NCCOc1cccc(C(=N)N)c1)c1ccncc1. The van der Waals surface area contributed by atoms with Gasteiger partial charge in [0.2, 0.25) is 5.91 Å². The summed E-state index contributed by atoms with van der Waals surface area (Å²) in [6, 6.07) is 10.7. The zero-order chi connectivity index (χ0) is 17.4. The summed E-state index contributed by atoms with van der Waals surface area (Å²) in [6.07, 6.45) is 3.37. The molecule has 0 radical (unpaired) electrons. The lowest BCUT2D eigenvalue weighted by Crippen LogP contribution is -2.37. The van der Waals surface area contributed by atoms with Gasteiger partial charge in [0.1, 0.15) is 18.2 Å². The molecule has 0 bridgehead atoms. The number of nitrogens with one attached hydrogen (secondary N) is 2. The van der Waals surface area contributed by atoms with Crippen LogP contribution in [-0.4, -0.2) is 43.5 Å². The Kier molecular flexibility index (Phi) is 6.13. The van der Waals surface area contributed by atoms with E-state index in [1.165, 1.54) is 0 Å². The highest BCUT2D eigenvalue weighted by atomic mass is 16.5. The van der Waals surface area contributed by atoms with E-state index >= 15 is 0 Å². The highest BCUT2D eigenvalue weighted by Gasteiger charge is 2.07. The first-order valence-corrected chi connectivity index (χ1v) is 7.51. The fourth-order valence-corrected chi connectivity index (χ4v) is 2.07. The van der Waals surface area contributed by atoms with Crippen LogP contribution in [0.2, 0.25) is 0 Å². The number of carbonyl (C=O) groups excluding carboxylic acids is 1. The second-order valence-corrected chi connectivity index (χ2v) is 5.20. The van der Waals surface area contributed by atoms with E-state index in [-0.39, 0.29) is 18.3 Å². The van der Waals surface area contributed by atoms with Crippen molar-refractivity contribution in [3.8, 4) is 5.75 Å². The van der Waals surface area contributed by atoms with Crippen LogP contribution >= 0.6 is 0 Å². The third-order valence-electron chi connectivity index (χ3n) is 3.32. The van der Waals surface area contributed by atoms with Crippen LogP contribution < -0.4 is 20.7 Å². The van der Waals surface area contributed by atoms with Crippen molar-refractivity contribution < 1.29 is 9.53 Å². The minimum Gasteiger partial charge on any atom is -0.492 e. The minimum atomic E-state index is -0.0876. The van der Waals surface area contributed by atoms with E-state index in [4.69, 9.17) is 15.9 Å². The molecule has 1 amide bonds. The van der Waals surface area contributed by atoms with Crippen molar-refractivity contribution in [2.24, 2.45) is 5.73 Å². The topological polar surface area (TPSA) is 104 Å². The van der Waals surface area contributed by atoms with Crippen molar-refractivity contribution in [2.45, 2.75) is 0 Å². The number of aromatic nitrogens is 1. The van der Waals surface area contributed by atoms with Gasteiger partial charge in [-0.15, -0.1) is 0 Å². The molecule has 0 saturated heterocycles. The molecule has 126 valence electrons. The van der Waals surface area contributed by atoms with Crippen LogP contribution in [0, 0.1) is 5.41 Å². The van der Waals surface area contributed by atoms with Crippen LogP contribution in [0.3, 0.4) is 0 Å². The highest BCUT2D eigenvalue weighted by molar-refractivity contribution is 5.95. The van der Waals surface area contributed by atoms with Crippen LogP contribution in [0.4, 0.5) is 5.69 Å². The maximum atomic E-state index is 11.9. The standard InChI is InChI=1S/C17H21N5O2/c1-22(14-5-7-20-8-6-14)12-16(23)21-9-10-24-15-4-2-3-13(11-15)17(18)19/h2-8,11H,9-10,12H2,1H3,(H3,18,19)(H,21,23). The molecule has 1 heterocycles. The van der Waals surface area contributed by atoms with E-state index in [0.717, 1.165) is 5.69 Å². The molecule has 7 nitrogen and oxygen atoms in total. The van der Waals surface area contributed by atoms with Gasteiger partial charge in [0.15, 0.2) is 0 Å². The minimum absolute atomic E-state index is 0.00657. The van der Waals surface area contributed by atoms with Crippen LogP contribution in [0.5, 0.6) is 5.75 Å². The average molecular weight is 327 g/mol. The molecule has 0 aliphatic carbocycles. The third kappa shape index (κ3) is 5.28. The molecule has 0 saturated carbocycles. The first-order chi connectivity index (χ1) is 11.6. The Balaban J connectivity index is 1.71. The molecule has 2 rings (SSSR count). The van der Waals surface area contributed by atoms with E-state index < -0.39 is 0 Å². The number of hydrogen-bond acceptors (Lipinski definition) is 5. The number of nitrogen functional groups attached to an aromatic ring is 1. The second-order valence-electron chi connectivity index (χ2n) is 5.20. The quantitative estimate of drug-likeness (QED) is 0.381. The van der Waals surface area contributed by atoms with Crippen molar-refractivity contribution in [1.82, 2.24) is 10.3 Å². The summed E-state index contributed by atoms with van der Waals surface area (Å²) < 4.78 is 5.55. The Hall–Kier alpha value is -3.09. The number of rotatable bonds is 8. The lowest BCUT2D eigenvalue weighted by molar-refractivity contribution is -0.119. The second kappa shape index (κ2) is 8.52. The van der Waals surface area contributed by atoms with Gasteiger partial charge < -0.3 is 20.7 Å². The lowest BCUT2D eigenvalue weighted by atomic mass is 10.2. The Morgan fingerprint density at radius 3 is 2.79 bits per heavy atom. The third-order valence-corrected chi connectivity index (χ3v) is 3.32. The van der Waals surface area contributed by atoms with E-state index in [1.807, 2.05) is 24.1 Å². The molecule has 0 unspecified atom stereocenters. The van der Waals surface area contributed by atoms with Crippen molar-refractivity contribution in [1.29, 1.82) is 5.41 Å². The van der Waals surface area contributed by atoms with Crippen LogP contribution in [-0.2, 0) is 4.79 Å². The molecular formula is C17H21N5O2. The van der Waals surface area contributed by atoms with Gasteiger partial charge in [0, 0.05) is 30.7 Å². The Labute approximate surface area is 141 Å². The predicted molar refractivity (Wildman–Crippen MR) is 93.5 cm³/mol. The Morgan fingerprint density at radius 2 is 2.08 bits per heavy atom. The fraction of sp³-hybridized carbons (Fsp3) is 0.235. The maximum absolute atomic E-state index is 11.9. The van der Waals surface area contributed by atoms with Crippen molar-refractivity contribution in [3.05, 3.63) is 54.4 Å². The first kappa shape index (κ1) is 17.3. The van der Waals surface area contributed by atoms with E-state index in [0.29, 0.717) is 24.5 Å². The summed E-state index contributed by atoms with van der Waals surface area (Å²) in [6.45, 7) is 0.989. The van der Waals surface area contributed by atoms with Gasteiger partial charge in [-0.1, -0.05) is 12.1 Å². The molecule has 0 aliphatic rings. The number of anilines is 1. The van der Waals surface area contributed by atoms with Crippen molar-refractivity contribution >= 4 is 17.4 Å². The average Bonchev–Trinajstić information content (AvgIpc) is 2.59. The zero-order valence-electron chi connectivity index (χ0n) is 13.5. The molecule has 0 fully saturated rings. The molecule has 24 heavy (non-hydrogen) atoms. The summed E-state index contributed by atoms with van der Waals surface area (Å²) >= 11 is 0. The smallest absolute Gasteiger partial charge is 0.239 e. The number of pyridine rings is 1. The molecule has 0 aliphatic heterocycles. The van der Waals surface area contributed by atoms with Gasteiger partial charge in [0.25, 0.3) is 0 Å². The molecule has 1 aromatic heterocycles. The summed E-state index contributed by atoms with van der Waals surface area (Å²) in [5.74, 6) is 0.522. The van der Waals surface area contributed by atoms with Gasteiger partial charge in [-0.2, -0.15) is 0 Å². The lowest BCUT2D eigenvalue weighted by Gasteiger charge is -2.18.